The summed E-state index contributed by atoms with van der Waals surface area (Å²) in [7, 11) is 1.75. The second-order valence-electron chi connectivity index (χ2n) is 8.05. The van der Waals surface area contributed by atoms with Gasteiger partial charge in [0.25, 0.3) is 0 Å². The maximum absolute atomic E-state index is 12.6. The van der Waals surface area contributed by atoms with Gasteiger partial charge in [-0.1, -0.05) is 24.4 Å². The van der Waals surface area contributed by atoms with E-state index in [0.717, 1.165) is 44.6 Å². The summed E-state index contributed by atoms with van der Waals surface area (Å²) in [4.78, 5) is 27.3. The molecule has 0 radical (unpaired) electrons. The molecule has 0 unspecified atom stereocenters. The first kappa shape index (κ1) is 19.4. The summed E-state index contributed by atoms with van der Waals surface area (Å²) in [5, 5.41) is 5.23. The molecular formula is C21H27ClN4O2. The van der Waals surface area contributed by atoms with Gasteiger partial charge in [0.15, 0.2) is 5.78 Å². The van der Waals surface area contributed by atoms with Crippen LogP contribution in [-0.4, -0.2) is 44.7 Å². The van der Waals surface area contributed by atoms with E-state index in [4.69, 9.17) is 11.6 Å². The van der Waals surface area contributed by atoms with Gasteiger partial charge in [0.1, 0.15) is 5.82 Å². The third-order valence-electron chi connectivity index (χ3n) is 6.16. The van der Waals surface area contributed by atoms with E-state index < -0.39 is 0 Å². The Morgan fingerprint density at radius 1 is 1.11 bits per heavy atom. The van der Waals surface area contributed by atoms with Crippen molar-refractivity contribution in [2.75, 3.05) is 19.6 Å². The van der Waals surface area contributed by atoms with Gasteiger partial charge in [-0.3, -0.25) is 14.3 Å². The third-order valence-corrected chi connectivity index (χ3v) is 6.41. The molecule has 150 valence electrons. The fraction of sp³-hybridized carbons (Fsp3) is 0.571. The Kier molecular flexibility index (Phi) is 5.69. The predicted molar refractivity (Wildman–Crippen MR) is 109 cm³/mol. The first-order valence-electron chi connectivity index (χ1n) is 10.2. The maximum atomic E-state index is 12.6. The van der Waals surface area contributed by atoms with Crippen molar-refractivity contribution >= 4 is 17.4 Å². The van der Waals surface area contributed by atoms with Crippen molar-refractivity contribution in [1.82, 2.24) is 19.2 Å². The standard InChI is InChI=1S/C21H27ClN4O2/c1-24-21(28)26(18-4-2-3-5-18)20(23-24)16-10-12-25(13-11-16)14-19(27)15-6-8-17(22)9-7-15/h6-9,16,18H,2-5,10-14H2,1H3. The van der Waals surface area contributed by atoms with Crippen LogP contribution in [-0.2, 0) is 7.05 Å². The molecule has 0 atom stereocenters. The molecule has 2 aromatic rings. The molecule has 6 nitrogen and oxygen atoms in total. The van der Waals surface area contributed by atoms with E-state index in [1.54, 1.807) is 31.3 Å². The Morgan fingerprint density at radius 3 is 2.39 bits per heavy atom. The highest BCUT2D eigenvalue weighted by molar-refractivity contribution is 6.30. The maximum Gasteiger partial charge on any atom is 0.345 e. The van der Waals surface area contributed by atoms with E-state index >= 15 is 0 Å². The molecule has 0 amide bonds. The molecule has 2 aliphatic rings. The van der Waals surface area contributed by atoms with Gasteiger partial charge in [0, 0.05) is 29.6 Å². The summed E-state index contributed by atoms with van der Waals surface area (Å²) in [5.41, 5.74) is 0.716. The minimum absolute atomic E-state index is 0.0160. The van der Waals surface area contributed by atoms with Crippen molar-refractivity contribution in [3.8, 4) is 0 Å². The van der Waals surface area contributed by atoms with Gasteiger partial charge in [-0.05, 0) is 63.0 Å². The quantitative estimate of drug-likeness (QED) is 0.719. The number of carbonyl (C=O) groups excluding carboxylic acids is 1. The zero-order valence-corrected chi connectivity index (χ0v) is 17.1. The van der Waals surface area contributed by atoms with E-state index in [2.05, 4.69) is 10.00 Å². The van der Waals surface area contributed by atoms with Crippen LogP contribution in [0.5, 0.6) is 0 Å². The van der Waals surface area contributed by atoms with Gasteiger partial charge in [-0.2, -0.15) is 5.10 Å². The summed E-state index contributed by atoms with van der Waals surface area (Å²) in [5.74, 6) is 1.36. The molecule has 2 fully saturated rings. The zero-order valence-electron chi connectivity index (χ0n) is 16.3. The van der Waals surface area contributed by atoms with Crippen LogP contribution in [0.25, 0.3) is 0 Å². The van der Waals surface area contributed by atoms with Crippen LogP contribution >= 0.6 is 11.6 Å². The number of aryl methyl sites for hydroxylation is 1. The molecule has 28 heavy (non-hydrogen) atoms. The number of Topliss-reactive ketones (excluding diaryl/α,β-unsaturated/α-hetero) is 1. The Balaban J connectivity index is 1.40. The molecule has 1 aliphatic carbocycles. The van der Waals surface area contributed by atoms with Crippen molar-refractivity contribution in [2.45, 2.75) is 50.5 Å². The Morgan fingerprint density at radius 2 is 1.75 bits per heavy atom. The van der Waals surface area contributed by atoms with Crippen LogP contribution in [0.2, 0.25) is 5.02 Å². The lowest BCUT2D eigenvalue weighted by Crippen LogP contribution is -2.37. The lowest BCUT2D eigenvalue weighted by atomic mass is 9.95. The van der Waals surface area contributed by atoms with Crippen LogP contribution in [0.4, 0.5) is 0 Å². The summed E-state index contributed by atoms with van der Waals surface area (Å²) in [6, 6.07) is 7.38. The first-order chi connectivity index (χ1) is 13.5. The number of hydrogen-bond donors (Lipinski definition) is 0. The molecule has 1 aromatic heterocycles. The molecule has 1 saturated heterocycles. The van der Waals surface area contributed by atoms with Gasteiger partial charge >= 0.3 is 5.69 Å². The van der Waals surface area contributed by atoms with Gasteiger partial charge in [0.05, 0.1) is 6.54 Å². The van der Waals surface area contributed by atoms with Crippen molar-refractivity contribution < 1.29 is 4.79 Å². The SMILES string of the molecule is Cn1nc(C2CCN(CC(=O)c3ccc(Cl)cc3)CC2)n(C2CCCC2)c1=O. The summed E-state index contributed by atoms with van der Waals surface area (Å²) >= 11 is 5.90. The Hall–Kier alpha value is -1.92. The van der Waals surface area contributed by atoms with Crippen molar-refractivity contribution in [3.63, 3.8) is 0 Å². The highest BCUT2D eigenvalue weighted by Gasteiger charge is 2.30. The van der Waals surface area contributed by atoms with E-state index in [9.17, 15) is 9.59 Å². The monoisotopic (exact) mass is 402 g/mol. The minimum atomic E-state index is 0.0160. The second kappa shape index (κ2) is 8.21. The average Bonchev–Trinajstić information content (AvgIpc) is 3.31. The number of hydrogen-bond acceptors (Lipinski definition) is 4. The molecule has 4 rings (SSSR count). The third kappa shape index (κ3) is 3.94. The summed E-state index contributed by atoms with van der Waals surface area (Å²) in [6.07, 6.45) is 6.39. The minimum Gasteiger partial charge on any atom is -0.296 e. The van der Waals surface area contributed by atoms with Crippen LogP contribution in [0.3, 0.4) is 0 Å². The van der Waals surface area contributed by atoms with Crippen molar-refractivity contribution in [3.05, 3.63) is 51.2 Å². The van der Waals surface area contributed by atoms with E-state index in [0.29, 0.717) is 23.2 Å². The van der Waals surface area contributed by atoms with E-state index in [-0.39, 0.29) is 17.4 Å². The highest BCUT2D eigenvalue weighted by atomic mass is 35.5. The molecule has 2 heterocycles. The number of carbonyl (C=O) groups is 1. The predicted octanol–water partition coefficient (Wildman–Crippen LogP) is 3.41. The molecule has 1 aromatic carbocycles. The molecule has 7 heteroatoms. The molecule has 1 saturated carbocycles. The first-order valence-corrected chi connectivity index (χ1v) is 10.6. The van der Waals surface area contributed by atoms with Crippen LogP contribution < -0.4 is 5.69 Å². The Labute approximate surface area is 170 Å². The molecule has 0 N–H and O–H groups in total. The topological polar surface area (TPSA) is 60.1 Å². The number of piperidine rings is 1. The fourth-order valence-corrected chi connectivity index (χ4v) is 4.69. The average molecular weight is 403 g/mol. The smallest absolute Gasteiger partial charge is 0.296 e. The van der Waals surface area contributed by atoms with Crippen LogP contribution in [0.1, 0.15) is 66.7 Å². The lowest BCUT2D eigenvalue weighted by Gasteiger charge is -2.31. The largest absolute Gasteiger partial charge is 0.345 e. The summed E-state index contributed by atoms with van der Waals surface area (Å²) < 4.78 is 3.45. The van der Waals surface area contributed by atoms with E-state index in [1.165, 1.54) is 17.5 Å². The molecular weight excluding hydrogens is 376 g/mol. The lowest BCUT2D eigenvalue weighted by molar-refractivity contribution is 0.0907. The highest BCUT2D eigenvalue weighted by Crippen LogP contribution is 2.33. The molecule has 0 spiro atoms. The zero-order chi connectivity index (χ0) is 19.7. The van der Waals surface area contributed by atoms with Crippen LogP contribution in [0.15, 0.2) is 29.1 Å². The Bertz CT molecular complexity index is 888. The fourth-order valence-electron chi connectivity index (χ4n) is 4.56. The van der Waals surface area contributed by atoms with Gasteiger partial charge < -0.3 is 0 Å². The number of ketones is 1. The normalized spacial score (nSPS) is 19.4. The van der Waals surface area contributed by atoms with Crippen LogP contribution in [0, 0.1) is 0 Å². The number of benzene rings is 1. The molecule has 0 bridgehead atoms. The van der Waals surface area contributed by atoms with E-state index in [1.807, 2.05) is 4.57 Å². The number of aromatic nitrogens is 3. The van der Waals surface area contributed by atoms with Gasteiger partial charge in [-0.15, -0.1) is 0 Å². The number of nitrogens with zero attached hydrogens (tertiary/aromatic N) is 4. The molecule has 1 aliphatic heterocycles. The number of halogens is 1. The number of rotatable bonds is 5. The van der Waals surface area contributed by atoms with Crippen molar-refractivity contribution in [2.24, 2.45) is 7.05 Å². The van der Waals surface area contributed by atoms with Crippen molar-refractivity contribution in [1.29, 1.82) is 0 Å². The summed E-state index contributed by atoms with van der Waals surface area (Å²) in [6.45, 7) is 2.12. The number of likely N-dealkylation sites (tertiary alicyclic amines) is 1. The second-order valence-corrected chi connectivity index (χ2v) is 8.49. The van der Waals surface area contributed by atoms with Gasteiger partial charge in [0.2, 0.25) is 0 Å². The van der Waals surface area contributed by atoms with Gasteiger partial charge in [-0.25, -0.2) is 9.48 Å².